The first-order valence-electron chi connectivity index (χ1n) is 8.70. The Kier molecular flexibility index (Phi) is 4.81. The molecule has 0 unspecified atom stereocenters. The van der Waals surface area contributed by atoms with E-state index in [1.54, 1.807) is 16.4 Å². The van der Waals surface area contributed by atoms with Crippen LogP contribution in [0.5, 0.6) is 0 Å². The molecule has 0 radical (unpaired) electrons. The Morgan fingerprint density at radius 1 is 1.19 bits per heavy atom. The summed E-state index contributed by atoms with van der Waals surface area (Å²) in [6, 6.07) is 13.2. The van der Waals surface area contributed by atoms with Gasteiger partial charge in [0.05, 0.1) is 11.6 Å². The predicted molar refractivity (Wildman–Crippen MR) is 107 cm³/mol. The van der Waals surface area contributed by atoms with Crippen LogP contribution in [0.3, 0.4) is 0 Å². The molecule has 0 aliphatic heterocycles. The van der Waals surface area contributed by atoms with Crippen LogP contribution in [0.4, 0.5) is 0 Å². The van der Waals surface area contributed by atoms with Crippen LogP contribution in [0.2, 0.25) is 0 Å². The van der Waals surface area contributed by atoms with Gasteiger partial charge in [-0.1, -0.05) is 24.3 Å². The van der Waals surface area contributed by atoms with Gasteiger partial charge in [-0.25, -0.2) is 0 Å². The highest BCUT2D eigenvalue weighted by atomic mass is 32.2. The summed E-state index contributed by atoms with van der Waals surface area (Å²) in [7, 11) is 1.84. The number of pyridine rings is 1. The van der Waals surface area contributed by atoms with Gasteiger partial charge in [-0.15, -0.1) is 10.2 Å². The van der Waals surface area contributed by atoms with E-state index in [9.17, 15) is 4.79 Å². The number of amides is 1. The molecule has 0 aliphatic rings. The average molecular weight is 380 g/mol. The fourth-order valence-corrected chi connectivity index (χ4v) is 3.68. The van der Waals surface area contributed by atoms with Crippen molar-refractivity contribution in [3.63, 3.8) is 0 Å². The Morgan fingerprint density at radius 3 is 2.85 bits per heavy atom. The van der Waals surface area contributed by atoms with Crippen molar-refractivity contribution in [1.29, 1.82) is 0 Å². The zero-order valence-electron chi connectivity index (χ0n) is 15.2. The normalized spacial score (nSPS) is 12.5. The summed E-state index contributed by atoms with van der Waals surface area (Å²) in [5, 5.41) is 16.9. The highest BCUT2D eigenvalue weighted by Crippen LogP contribution is 2.21. The number of para-hydroxylation sites is 1. The molecule has 1 aromatic carbocycles. The minimum absolute atomic E-state index is 0.203. The molecular weight excluding hydrogens is 360 g/mol. The molecule has 7 nitrogen and oxygen atoms in total. The van der Waals surface area contributed by atoms with E-state index in [2.05, 4.69) is 20.6 Å². The molecule has 4 rings (SSSR count). The molecule has 3 heterocycles. The molecule has 0 spiro atoms. The molecule has 1 N–H and O–H groups in total. The summed E-state index contributed by atoms with van der Waals surface area (Å²) in [6.07, 6.45) is 4.72. The monoisotopic (exact) mass is 380 g/mol. The Labute approximate surface area is 160 Å². The molecule has 0 aliphatic carbocycles. The fraction of sp³-hybridized carbons (Fsp3) is 0.263. The molecule has 1 amide bonds. The summed E-state index contributed by atoms with van der Waals surface area (Å²) in [5.41, 5.74) is 2.12. The van der Waals surface area contributed by atoms with Crippen molar-refractivity contribution >= 4 is 34.2 Å². The second-order valence-electron chi connectivity index (χ2n) is 6.28. The van der Waals surface area contributed by atoms with E-state index in [-0.39, 0.29) is 11.9 Å². The van der Waals surface area contributed by atoms with Crippen LogP contribution in [-0.2, 0) is 7.05 Å². The van der Waals surface area contributed by atoms with Crippen LogP contribution >= 0.6 is 11.8 Å². The maximum atomic E-state index is 13.0. The third-order valence-corrected chi connectivity index (χ3v) is 5.18. The highest BCUT2D eigenvalue weighted by molar-refractivity contribution is 7.98. The van der Waals surface area contributed by atoms with Gasteiger partial charge in [-0.3, -0.25) is 13.9 Å². The van der Waals surface area contributed by atoms with Crippen LogP contribution in [0.15, 0.2) is 48.7 Å². The zero-order chi connectivity index (χ0) is 18.8. The van der Waals surface area contributed by atoms with Crippen molar-refractivity contribution in [1.82, 2.24) is 29.7 Å². The summed E-state index contributed by atoms with van der Waals surface area (Å²) in [6.45, 7) is 0. The maximum Gasteiger partial charge on any atom is 0.273 e. The lowest BCUT2D eigenvalue weighted by Crippen LogP contribution is -2.31. The lowest BCUT2D eigenvalue weighted by atomic mass is 10.1. The van der Waals surface area contributed by atoms with Gasteiger partial charge in [0.2, 0.25) is 0 Å². The lowest BCUT2D eigenvalue weighted by Gasteiger charge is -2.16. The van der Waals surface area contributed by atoms with Crippen LogP contribution in [0.1, 0.15) is 28.8 Å². The van der Waals surface area contributed by atoms with Gasteiger partial charge in [-0.05, 0) is 36.6 Å². The van der Waals surface area contributed by atoms with Crippen molar-refractivity contribution in [3.05, 3.63) is 60.2 Å². The number of thioether (sulfide) groups is 1. The second kappa shape index (κ2) is 7.40. The van der Waals surface area contributed by atoms with Crippen LogP contribution in [-0.4, -0.2) is 42.3 Å². The van der Waals surface area contributed by atoms with Crippen molar-refractivity contribution in [2.24, 2.45) is 7.05 Å². The summed E-state index contributed by atoms with van der Waals surface area (Å²) in [5.74, 6) is 1.43. The van der Waals surface area contributed by atoms with Gasteiger partial charge < -0.3 is 5.32 Å². The third-order valence-electron chi connectivity index (χ3n) is 4.54. The van der Waals surface area contributed by atoms with Crippen molar-refractivity contribution < 1.29 is 4.79 Å². The van der Waals surface area contributed by atoms with E-state index in [0.717, 1.165) is 34.5 Å². The second-order valence-corrected chi connectivity index (χ2v) is 7.27. The van der Waals surface area contributed by atoms with Gasteiger partial charge in [0.15, 0.2) is 17.2 Å². The van der Waals surface area contributed by atoms with E-state index in [4.69, 9.17) is 0 Å². The first-order chi connectivity index (χ1) is 13.2. The smallest absolute Gasteiger partial charge is 0.273 e. The van der Waals surface area contributed by atoms with Gasteiger partial charge in [0.1, 0.15) is 0 Å². The summed E-state index contributed by atoms with van der Waals surface area (Å²) >= 11 is 1.73. The number of hydrogen-bond acceptors (Lipinski definition) is 5. The largest absolute Gasteiger partial charge is 0.341 e. The zero-order valence-corrected chi connectivity index (χ0v) is 16.0. The highest BCUT2D eigenvalue weighted by Gasteiger charge is 2.23. The van der Waals surface area contributed by atoms with Gasteiger partial charge in [0, 0.05) is 18.6 Å². The number of carbonyl (C=O) groups excluding carboxylic acids is 1. The molecule has 0 saturated carbocycles. The Balaban J connectivity index is 1.68. The molecule has 0 saturated heterocycles. The van der Waals surface area contributed by atoms with Crippen molar-refractivity contribution in [3.8, 4) is 0 Å². The number of carbonyl (C=O) groups is 1. The van der Waals surface area contributed by atoms with Crippen molar-refractivity contribution in [2.45, 2.75) is 12.5 Å². The number of aryl methyl sites for hydroxylation is 1. The van der Waals surface area contributed by atoms with E-state index in [1.807, 2.05) is 66.4 Å². The number of benzene rings is 1. The minimum Gasteiger partial charge on any atom is -0.341 e. The average Bonchev–Trinajstić information content (AvgIpc) is 3.27. The molecule has 1 atom stereocenters. The first-order valence-corrected chi connectivity index (χ1v) is 10.1. The number of fused-ring (bicyclic) bond motifs is 2. The summed E-state index contributed by atoms with van der Waals surface area (Å²) < 4.78 is 3.65. The number of rotatable bonds is 6. The van der Waals surface area contributed by atoms with E-state index < -0.39 is 0 Å². The molecule has 3 aromatic heterocycles. The quantitative estimate of drug-likeness (QED) is 0.557. The molecule has 138 valence electrons. The Bertz CT molecular complexity index is 1100. The minimum atomic E-state index is -0.247. The molecule has 8 heteroatoms. The Morgan fingerprint density at radius 2 is 2.00 bits per heavy atom. The first kappa shape index (κ1) is 17.5. The number of nitrogens with one attached hydrogen (secondary N) is 1. The fourth-order valence-electron chi connectivity index (χ4n) is 3.21. The van der Waals surface area contributed by atoms with E-state index >= 15 is 0 Å². The molecular formula is C19H20N6OS. The third kappa shape index (κ3) is 3.28. The van der Waals surface area contributed by atoms with Crippen LogP contribution in [0.25, 0.3) is 16.6 Å². The topological polar surface area (TPSA) is 77.1 Å². The molecule has 4 aromatic rings. The number of nitrogens with zero attached hydrogens (tertiary/aromatic N) is 5. The SMILES string of the molecule is CSCC[C@H](NC(=O)c1nn(C)c2ccccc12)c1nnc2ccccn12. The lowest BCUT2D eigenvalue weighted by molar-refractivity contribution is 0.0929. The van der Waals surface area contributed by atoms with E-state index in [1.165, 1.54) is 0 Å². The van der Waals surface area contributed by atoms with Gasteiger partial charge in [-0.2, -0.15) is 16.9 Å². The standard InChI is InChI=1S/C19H20N6OS/c1-24-15-8-4-3-7-13(15)17(23-24)19(26)20-14(10-12-27-2)18-22-21-16-9-5-6-11-25(16)18/h3-9,11,14H,10,12H2,1-2H3,(H,20,26)/t14-/m0/s1. The maximum absolute atomic E-state index is 13.0. The predicted octanol–water partition coefficient (Wildman–Crippen LogP) is 2.84. The molecule has 0 bridgehead atoms. The van der Waals surface area contributed by atoms with Gasteiger partial charge in [0.25, 0.3) is 5.91 Å². The molecule has 27 heavy (non-hydrogen) atoms. The number of hydrogen-bond donors (Lipinski definition) is 1. The number of aromatic nitrogens is 5. The van der Waals surface area contributed by atoms with E-state index in [0.29, 0.717) is 5.69 Å². The summed E-state index contributed by atoms with van der Waals surface area (Å²) in [4.78, 5) is 13.0. The van der Waals surface area contributed by atoms with Gasteiger partial charge >= 0.3 is 0 Å². The molecule has 0 fully saturated rings. The van der Waals surface area contributed by atoms with Crippen molar-refractivity contribution in [2.75, 3.05) is 12.0 Å². The Hall–Kier alpha value is -2.87. The van der Waals surface area contributed by atoms with Crippen LogP contribution < -0.4 is 5.32 Å². The van der Waals surface area contributed by atoms with Crippen LogP contribution in [0, 0.1) is 0 Å².